The molecule has 0 aliphatic heterocycles. The molecule has 0 radical (unpaired) electrons. The highest BCUT2D eigenvalue weighted by Gasteiger charge is 2.19. The van der Waals surface area contributed by atoms with Gasteiger partial charge in [0.2, 0.25) is 0 Å². The fourth-order valence-corrected chi connectivity index (χ4v) is 1.43. The van der Waals surface area contributed by atoms with Crippen molar-refractivity contribution in [3.05, 3.63) is 11.6 Å². The van der Waals surface area contributed by atoms with Crippen LogP contribution in [-0.4, -0.2) is 20.3 Å². The van der Waals surface area contributed by atoms with Crippen LogP contribution in [0.25, 0.3) is 0 Å². The molecule has 0 heterocycles. The molecule has 2 N–H and O–H groups in total. The van der Waals surface area contributed by atoms with E-state index in [2.05, 4.69) is 6.08 Å². The van der Waals surface area contributed by atoms with Crippen LogP contribution in [0.1, 0.15) is 32.1 Å². The molecule has 2 nitrogen and oxygen atoms in total. The summed E-state index contributed by atoms with van der Waals surface area (Å²) >= 11 is 0. The number of rotatable bonds is 7. The van der Waals surface area contributed by atoms with E-state index in [-0.39, 0.29) is 0 Å². The summed E-state index contributed by atoms with van der Waals surface area (Å²) in [6.07, 6.45) is 8.65. The molecule has 0 aromatic heterocycles. The quantitative estimate of drug-likeness (QED) is 0.613. The Balaban J connectivity index is 2.20. The van der Waals surface area contributed by atoms with Gasteiger partial charge in [0.15, 0.2) is 0 Å². The van der Waals surface area contributed by atoms with Gasteiger partial charge < -0.3 is 10.5 Å². The van der Waals surface area contributed by atoms with Crippen molar-refractivity contribution in [3.8, 4) is 0 Å². The number of nitrogens with two attached hydrogens (primary N) is 1. The Morgan fingerprint density at radius 3 is 2.85 bits per heavy atom. The zero-order valence-corrected chi connectivity index (χ0v) is 8.59. The van der Waals surface area contributed by atoms with E-state index in [0.717, 1.165) is 31.9 Å². The van der Waals surface area contributed by atoms with Crippen molar-refractivity contribution in [2.45, 2.75) is 32.1 Å². The van der Waals surface area contributed by atoms with Gasteiger partial charge in [-0.3, -0.25) is 0 Å². The lowest BCUT2D eigenvalue weighted by Gasteiger charge is -2.05. The van der Waals surface area contributed by atoms with Gasteiger partial charge in [-0.25, -0.2) is 0 Å². The molecule has 0 saturated heterocycles. The highest BCUT2D eigenvalue weighted by Crippen LogP contribution is 2.33. The van der Waals surface area contributed by atoms with Crippen LogP contribution >= 0.6 is 0 Å². The summed E-state index contributed by atoms with van der Waals surface area (Å²) in [5, 5.41) is 0. The highest BCUT2D eigenvalue weighted by molar-refractivity contribution is 5.04. The van der Waals surface area contributed by atoms with Crippen LogP contribution < -0.4 is 5.73 Å². The Bertz CT molecular complexity index is 161. The third-order valence-corrected chi connectivity index (χ3v) is 2.47. The van der Waals surface area contributed by atoms with Gasteiger partial charge in [0.1, 0.15) is 0 Å². The van der Waals surface area contributed by atoms with Gasteiger partial charge >= 0.3 is 0 Å². The smallest absolute Gasteiger partial charge is 0.0673 e. The van der Waals surface area contributed by atoms with Gasteiger partial charge in [0.25, 0.3) is 0 Å². The fourth-order valence-electron chi connectivity index (χ4n) is 1.43. The molecule has 1 aliphatic carbocycles. The molecule has 0 aromatic carbocycles. The maximum atomic E-state index is 5.47. The molecule has 2 heteroatoms. The van der Waals surface area contributed by atoms with Crippen LogP contribution in [-0.2, 0) is 4.74 Å². The maximum absolute atomic E-state index is 5.47. The molecule has 76 valence electrons. The van der Waals surface area contributed by atoms with Crippen molar-refractivity contribution in [3.63, 3.8) is 0 Å². The van der Waals surface area contributed by atoms with E-state index in [4.69, 9.17) is 10.5 Å². The SMILES string of the molecule is COCC(=CCC1CC1)CCCN. The lowest BCUT2D eigenvalue weighted by Crippen LogP contribution is -2.02. The lowest BCUT2D eigenvalue weighted by molar-refractivity contribution is 0.222. The molecule has 0 atom stereocenters. The van der Waals surface area contributed by atoms with Crippen LogP contribution in [0, 0.1) is 5.92 Å². The average Bonchev–Trinajstić information content (AvgIpc) is 2.93. The van der Waals surface area contributed by atoms with Gasteiger partial charge in [-0.15, -0.1) is 0 Å². The van der Waals surface area contributed by atoms with E-state index in [1.807, 2.05) is 0 Å². The van der Waals surface area contributed by atoms with Crippen molar-refractivity contribution in [2.24, 2.45) is 11.7 Å². The van der Waals surface area contributed by atoms with Crippen molar-refractivity contribution in [2.75, 3.05) is 20.3 Å². The maximum Gasteiger partial charge on any atom is 0.0673 e. The van der Waals surface area contributed by atoms with Gasteiger partial charge in [-0.2, -0.15) is 0 Å². The minimum Gasteiger partial charge on any atom is -0.380 e. The minimum absolute atomic E-state index is 0.782. The van der Waals surface area contributed by atoms with E-state index < -0.39 is 0 Å². The van der Waals surface area contributed by atoms with E-state index in [0.29, 0.717) is 0 Å². The van der Waals surface area contributed by atoms with Crippen LogP contribution in [0.5, 0.6) is 0 Å². The first-order valence-corrected chi connectivity index (χ1v) is 5.23. The topological polar surface area (TPSA) is 35.2 Å². The van der Waals surface area contributed by atoms with Crippen LogP contribution in [0.3, 0.4) is 0 Å². The monoisotopic (exact) mass is 183 g/mol. The standard InChI is InChI=1S/C11H21NO/c1-13-9-11(3-2-8-12)7-6-10-4-5-10/h7,10H,2-6,8-9,12H2,1H3. The summed E-state index contributed by atoms with van der Waals surface area (Å²) in [4.78, 5) is 0. The fraction of sp³-hybridized carbons (Fsp3) is 0.818. The summed E-state index contributed by atoms with van der Waals surface area (Å²) in [6, 6.07) is 0. The van der Waals surface area contributed by atoms with Crippen molar-refractivity contribution in [1.29, 1.82) is 0 Å². The second-order valence-corrected chi connectivity index (χ2v) is 3.87. The highest BCUT2D eigenvalue weighted by atomic mass is 16.5. The predicted octanol–water partition coefficient (Wildman–Crippen LogP) is 2.10. The first kappa shape index (κ1) is 10.7. The second-order valence-electron chi connectivity index (χ2n) is 3.87. The summed E-state index contributed by atoms with van der Waals surface area (Å²) in [6.45, 7) is 1.57. The Labute approximate surface area is 81.1 Å². The van der Waals surface area contributed by atoms with Gasteiger partial charge in [0, 0.05) is 7.11 Å². The average molecular weight is 183 g/mol. The summed E-state index contributed by atoms with van der Waals surface area (Å²) in [5.74, 6) is 0.977. The van der Waals surface area contributed by atoms with Crippen molar-refractivity contribution < 1.29 is 4.74 Å². The first-order chi connectivity index (χ1) is 6.36. The Hall–Kier alpha value is -0.340. The van der Waals surface area contributed by atoms with Gasteiger partial charge in [-0.1, -0.05) is 6.08 Å². The molecule has 0 aromatic rings. The molecule has 1 fully saturated rings. The van der Waals surface area contributed by atoms with E-state index in [9.17, 15) is 0 Å². The molecular formula is C11H21NO. The van der Waals surface area contributed by atoms with Crippen LogP contribution in [0.2, 0.25) is 0 Å². The zero-order chi connectivity index (χ0) is 9.52. The molecule has 13 heavy (non-hydrogen) atoms. The third-order valence-electron chi connectivity index (χ3n) is 2.47. The van der Waals surface area contributed by atoms with Crippen LogP contribution in [0.15, 0.2) is 11.6 Å². The summed E-state index contributed by atoms with van der Waals surface area (Å²) < 4.78 is 5.14. The molecular weight excluding hydrogens is 162 g/mol. The largest absolute Gasteiger partial charge is 0.380 e. The molecule has 0 spiro atoms. The van der Waals surface area contributed by atoms with E-state index in [1.54, 1.807) is 7.11 Å². The van der Waals surface area contributed by atoms with E-state index in [1.165, 1.54) is 24.8 Å². The summed E-state index contributed by atoms with van der Waals surface area (Å²) in [7, 11) is 1.76. The van der Waals surface area contributed by atoms with E-state index >= 15 is 0 Å². The number of ether oxygens (including phenoxy) is 1. The van der Waals surface area contributed by atoms with Crippen molar-refractivity contribution in [1.82, 2.24) is 0 Å². The van der Waals surface area contributed by atoms with Gasteiger partial charge in [-0.05, 0) is 50.1 Å². The normalized spacial score (nSPS) is 17.8. The first-order valence-electron chi connectivity index (χ1n) is 5.23. The second kappa shape index (κ2) is 6.17. The minimum atomic E-state index is 0.782. The number of methoxy groups -OCH3 is 1. The molecule has 1 rings (SSSR count). The molecule has 1 aliphatic rings. The molecule has 0 amide bonds. The Kier molecular flexibility index (Phi) is 5.09. The lowest BCUT2D eigenvalue weighted by atomic mass is 10.1. The molecule has 0 bridgehead atoms. The molecule has 0 unspecified atom stereocenters. The third kappa shape index (κ3) is 5.06. The number of hydrogen-bond donors (Lipinski definition) is 1. The van der Waals surface area contributed by atoms with Crippen LogP contribution in [0.4, 0.5) is 0 Å². The predicted molar refractivity (Wildman–Crippen MR) is 55.6 cm³/mol. The van der Waals surface area contributed by atoms with Crippen molar-refractivity contribution >= 4 is 0 Å². The number of allylic oxidation sites excluding steroid dienone is 1. The Morgan fingerprint density at radius 2 is 2.31 bits per heavy atom. The summed E-state index contributed by atoms with van der Waals surface area (Å²) in [5.41, 5.74) is 6.90. The number of hydrogen-bond acceptors (Lipinski definition) is 2. The Morgan fingerprint density at radius 1 is 1.54 bits per heavy atom. The molecule has 1 saturated carbocycles. The zero-order valence-electron chi connectivity index (χ0n) is 8.59. The van der Waals surface area contributed by atoms with Gasteiger partial charge in [0.05, 0.1) is 6.61 Å².